The fourth-order valence-electron chi connectivity index (χ4n) is 1.19. The molecule has 0 bridgehead atoms. The van der Waals surface area contributed by atoms with E-state index in [9.17, 15) is 4.79 Å². The smallest absolute Gasteiger partial charge is 0.450 e. The van der Waals surface area contributed by atoms with Gasteiger partial charge >= 0.3 is 6.16 Å². The van der Waals surface area contributed by atoms with Crippen LogP contribution >= 0.6 is 11.6 Å². The van der Waals surface area contributed by atoms with Gasteiger partial charge in [-0.25, -0.2) is 4.79 Å². The third-order valence-electron chi connectivity index (χ3n) is 1.83. The van der Waals surface area contributed by atoms with Crippen LogP contribution in [0.5, 0.6) is 0 Å². The van der Waals surface area contributed by atoms with Gasteiger partial charge in [-0.15, -0.1) is 0 Å². The van der Waals surface area contributed by atoms with E-state index in [0.717, 1.165) is 0 Å². The van der Waals surface area contributed by atoms with Gasteiger partial charge in [0.05, 0.1) is 25.9 Å². The lowest BCUT2D eigenvalue weighted by molar-refractivity contribution is -0.0928. The lowest BCUT2D eigenvalue weighted by Gasteiger charge is -2.23. The summed E-state index contributed by atoms with van der Waals surface area (Å²) in [7, 11) is 0. The number of carbonyl (C=O) groups is 1. The Hall–Kier alpha value is -0.520. The maximum atomic E-state index is 10.1. The van der Waals surface area contributed by atoms with Crippen molar-refractivity contribution >= 4 is 17.8 Å². The van der Waals surface area contributed by atoms with E-state index in [0.29, 0.717) is 32.7 Å². The average Bonchev–Trinajstić information content (AvgIpc) is 2.15. The van der Waals surface area contributed by atoms with Crippen LogP contribution < -0.4 is 0 Å². The van der Waals surface area contributed by atoms with Gasteiger partial charge in [-0.1, -0.05) is 11.6 Å². The molecular weight excluding hydrogens is 212 g/mol. The first kappa shape index (κ1) is 11.6. The zero-order valence-electron chi connectivity index (χ0n) is 7.65. The summed E-state index contributed by atoms with van der Waals surface area (Å²) in [6.07, 6.45) is -0.281. The standard InChI is InChI=1S/C8H13ClO5/c9-7(14-8(10)11)2-1-6-5-12-3-4-13-6/h6-7H,1-5H2,(H,10,11)/t6-,7?/m0/s1. The van der Waals surface area contributed by atoms with E-state index in [1.165, 1.54) is 0 Å². The highest BCUT2D eigenvalue weighted by molar-refractivity contribution is 6.20. The minimum absolute atomic E-state index is 0.00222. The predicted molar refractivity (Wildman–Crippen MR) is 48.5 cm³/mol. The fraction of sp³-hybridized carbons (Fsp3) is 0.875. The van der Waals surface area contributed by atoms with Crippen LogP contribution in [0.25, 0.3) is 0 Å². The molecule has 1 aliphatic rings. The molecule has 0 aromatic rings. The van der Waals surface area contributed by atoms with Crippen LogP contribution in [0.3, 0.4) is 0 Å². The summed E-state index contributed by atoms with van der Waals surface area (Å²) in [4.78, 5) is 10.1. The molecule has 1 fully saturated rings. The van der Waals surface area contributed by atoms with Gasteiger partial charge in [0.1, 0.15) is 0 Å². The normalized spacial score (nSPS) is 24.2. The fourth-order valence-corrected chi connectivity index (χ4v) is 1.39. The van der Waals surface area contributed by atoms with Gasteiger partial charge in [0, 0.05) is 6.42 Å². The molecule has 0 spiro atoms. The Morgan fingerprint density at radius 2 is 2.43 bits per heavy atom. The molecule has 1 saturated heterocycles. The largest absolute Gasteiger partial charge is 0.507 e. The molecule has 1 rings (SSSR count). The summed E-state index contributed by atoms with van der Waals surface area (Å²) in [6.45, 7) is 1.74. The second-order valence-electron chi connectivity index (χ2n) is 2.94. The van der Waals surface area contributed by atoms with Gasteiger partial charge in [-0.05, 0) is 6.42 Å². The minimum Gasteiger partial charge on any atom is -0.450 e. The zero-order valence-corrected chi connectivity index (χ0v) is 8.40. The topological polar surface area (TPSA) is 65.0 Å². The van der Waals surface area contributed by atoms with Crippen LogP contribution in [-0.2, 0) is 14.2 Å². The Balaban J connectivity index is 2.09. The van der Waals surface area contributed by atoms with Crippen molar-refractivity contribution in [1.82, 2.24) is 0 Å². The van der Waals surface area contributed by atoms with Gasteiger partial charge in [-0.2, -0.15) is 0 Å². The maximum absolute atomic E-state index is 10.1. The highest BCUT2D eigenvalue weighted by Gasteiger charge is 2.17. The van der Waals surface area contributed by atoms with Crippen molar-refractivity contribution in [3.8, 4) is 0 Å². The lowest BCUT2D eigenvalue weighted by Crippen LogP contribution is -2.29. The van der Waals surface area contributed by atoms with Crippen molar-refractivity contribution in [3.63, 3.8) is 0 Å². The van der Waals surface area contributed by atoms with Crippen LogP contribution in [0.1, 0.15) is 12.8 Å². The van der Waals surface area contributed by atoms with Gasteiger partial charge in [0.2, 0.25) is 0 Å². The molecule has 1 unspecified atom stereocenters. The van der Waals surface area contributed by atoms with Crippen molar-refractivity contribution < 1.29 is 24.1 Å². The van der Waals surface area contributed by atoms with Crippen LogP contribution in [0.15, 0.2) is 0 Å². The summed E-state index contributed by atoms with van der Waals surface area (Å²) in [5.74, 6) is 0. The molecule has 2 atom stereocenters. The Morgan fingerprint density at radius 3 is 3.00 bits per heavy atom. The summed E-state index contributed by atoms with van der Waals surface area (Å²) in [5, 5.41) is 8.26. The van der Waals surface area contributed by atoms with Crippen LogP contribution in [0.4, 0.5) is 4.79 Å². The van der Waals surface area contributed by atoms with Crippen LogP contribution in [-0.4, -0.2) is 42.7 Å². The number of hydrogen-bond acceptors (Lipinski definition) is 4. The average molecular weight is 225 g/mol. The second-order valence-corrected chi connectivity index (χ2v) is 3.43. The summed E-state index contributed by atoms with van der Waals surface area (Å²) in [6, 6.07) is 0. The Bertz CT molecular complexity index is 181. The number of halogens is 1. The molecule has 0 aromatic heterocycles. The van der Waals surface area contributed by atoms with E-state index in [1.54, 1.807) is 0 Å². The predicted octanol–water partition coefficient (Wildman–Crippen LogP) is 1.44. The quantitative estimate of drug-likeness (QED) is 0.578. The van der Waals surface area contributed by atoms with Crippen molar-refractivity contribution in [2.75, 3.05) is 19.8 Å². The highest BCUT2D eigenvalue weighted by atomic mass is 35.5. The van der Waals surface area contributed by atoms with E-state index in [2.05, 4.69) is 4.74 Å². The number of rotatable bonds is 4. The van der Waals surface area contributed by atoms with Crippen LogP contribution in [0.2, 0.25) is 0 Å². The first-order chi connectivity index (χ1) is 6.68. The van der Waals surface area contributed by atoms with E-state index in [-0.39, 0.29) is 6.10 Å². The third kappa shape index (κ3) is 4.64. The summed E-state index contributed by atoms with van der Waals surface area (Å²) >= 11 is 5.60. The number of carboxylic acid groups (broad SMARTS) is 1. The summed E-state index contributed by atoms with van der Waals surface area (Å²) in [5.41, 5.74) is -0.807. The second kappa shape index (κ2) is 6.06. The molecule has 0 radical (unpaired) electrons. The van der Waals surface area contributed by atoms with Gasteiger partial charge in [0.25, 0.3) is 0 Å². The lowest BCUT2D eigenvalue weighted by atomic mass is 10.2. The van der Waals surface area contributed by atoms with E-state index in [1.807, 2.05) is 0 Å². The number of hydrogen-bond donors (Lipinski definition) is 1. The molecule has 5 nitrogen and oxygen atoms in total. The molecule has 0 aliphatic carbocycles. The van der Waals surface area contributed by atoms with Gasteiger partial charge in [0.15, 0.2) is 5.56 Å². The van der Waals surface area contributed by atoms with Crippen LogP contribution in [0, 0.1) is 0 Å². The SMILES string of the molecule is O=C(O)OC(Cl)CC[C@H]1COCCO1. The van der Waals surface area contributed by atoms with E-state index in [4.69, 9.17) is 26.2 Å². The van der Waals surface area contributed by atoms with Crippen molar-refractivity contribution in [3.05, 3.63) is 0 Å². The van der Waals surface area contributed by atoms with Gasteiger partial charge < -0.3 is 19.3 Å². The highest BCUT2D eigenvalue weighted by Crippen LogP contribution is 2.13. The molecule has 0 aromatic carbocycles. The molecule has 1 N–H and O–H groups in total. The molecule has 0 amide bonds. The molecule has 1 heterocycles. The molecule has 0 saturated carbocycles. The van der Waals surface area contributed by atoms with Crippen molar-refractivity contribution in [2.24, 2.45) is 0 Å². The Kier molecular flexibility index (Phi) is 5.00. The molecule has 6 heteroatoms. The third-order valence-corrected chi connectivity index (χ3v) is 2.14. The number of ether oxygens (including phenoxy) is 3. The van der Waals surface area contributed by atoms with E-state index >= 15 is 0 Å². The maximum Gasteiger partial charge on any atom is 0.507 e. The first-order valence-corrected chi connectivity index (χ1v) is 4.85. The molecule has 1 aliphatic heterocycles. The summed E-state index contributed by atoms with van der Waals surface area (Å²) < 4.78 is 14.8. The van der Waals surface area contributed by atoms with Crippen molar-refractivity contribution in [1.29, 1.82) is 0 Å². The monoisotopic (exact) mass is 224 g/mol. The number of alkyl halides is 1. The Morgan fingerprint density at radius 1 is 1.64 bits per heavy atom. The van der Waals surface area contributed by atoms with E-state index < -0.39 is 11.7 Å². The van der Waals surface area contributed by atoms with Gasteiger partial charge in [-0.3, -0.25) is 0 Å². The molecular formula is C8H13ClO5. The molecule has 82 valence electrons. The van der Waals surface area contributed by atoms with Crippen molar-refractivity contribution in [2.45, 2.75) is 24.5 Å². The molecule has 14 heavy (non-hydrogen) atoms. The Labute approximate surface area is 86.9 Å². The zero-order chi connectivity index (χ0) is 10.4. The first-order valence-electron chi connectivity index (χ1n) is 4.41. The minimum atomic E-state index is -1.36.